The van der Waals surface area contributed by atoms with Crippen molar-refractivity contribution in [2.75, 3.05) is 19.8 Å². The number of nitrogens with zero attached hydrogens (tertiary/aromatic N) is 1. The van der Waals surface area contributed by atoms with Gasteiger partial charge in [0, 0.05) is 13.6 Å². The molecule has 0 rings (SSSR count). The van der Waals surface area contributed by atoms with Crippen LogP contribution in [0.4, 0.5) is 0 Å². The van der Waals surface area contributed by atoms with Crippen LogP contribution < -0.4 is 0 Å². The zero-order valence-corrected chi connectivity index (χ0v) is 8.48. The molecule has 0 spiro atoms. The van der Waals surface area contributed by atoms with Gasteiger partial charge in [0.25, 0.3) is 0 Å². The van der Waals surface area contributed by atoms with Gasteiger partial charge in [0.15, 0.2) is 0 Å². The van der Waals surface area contributed by atoms with Crippen molar-refractivity contribution in [1.29, 1.82) is 0 Å². The molecule has 0 amide bonds. The molecule has 0 fully saturated rings. The van der Waals surface area contributed by atoms with Crippen molar-refractivity contribution in [3.8, 4) is 0 Å². The van der Waals surface area contributed by atoms with Crippen LogP contribution in [-0.2, 0) is 10.0 Å². The van der Waals surface area contributed by atoms with E-state index in [1.54, 1.807) is 7.05 Å². The summed E-state index contributed by atoms with van der Waals surface area (Å²) in [5, 5.41) is 0. The van der Waals surface area contributed by atoms with Crippen LogP contribution in [0.2, 0.25) is 0 Å². The maximum absolute atomic E-state index is 10.9. The van der Waals surface area contributed by atoms with E-state index in [1.807, 2.05) is 0 Å². The zero-order chi connectivity index (χ0) is 9.07. The SMILES string of the molecule is CC(C)CCN(C)S(C)(=O)=O. The standard InChI is InChI=1S/C7H17NO2S/c1-7(2)5-6-8(3)11(4,9)10/h7H,5-6H2,1-4H3. The first-order chi connectivity index (χ1) is 4.84. The molecular formula is C7H17NO2S. The zero-order valence-electron chi connectivity index (χ0n) is 7.66. The molecule has 0 aromatic carbocycles. The van der Waals surface area contributed by atoms with Crippen molar-refractivity contribution in [3.63, 3.8) is 0 Å². The van der Waals surface area contributed by atoms with Gasteiger partial charge in [-0.25, -0.2) is 12.7 Å². The van der Waals surface area contributed by atoms with E-state index in [2.05, 4.69) is 13.8 Å². The van der Waals surface area contributed by atoms with E-state index in [-0.39, 0.29) is 0 Å². The monoisotopic (exact) mass is 179 g/mol. The molecular weight excluding hydrogens is 162 g/mol. The molecule has 0 aliphatic carbocycles. The summed E-state index contributed by atoms with van der Waals surface area (Å²) in [6.07, 6.45) is 2.15. The summed E-state index contributed by atoms with van der Waals surface area (Å²) in [6.45, 7) is 4.78. The van der Waals surface area contributed by atoms with Crippen LogP contribution in [0, 0.1) is 5.92 Å². The van der Waals surface area contributed by atoms with Crippen LogP contribution >= 0.6 is 0 Å². The minimum atomic E-state index is -2.97. The molecule has 0 saturated heterocycles. The lowest BCUT2D eigenvalue weighted by Gasteiger charge is -2.14. The van der Waals surface area contributed by atoms with E-state index in [1.165, 1.54) is 10.6 Å². The molecule has 0 unspecified atom stereocenters. The van der Waals surface area contributed by atoms with Crippen molar-refractivity contribution in [2.45, 2.75) is 20.3 Å². The molecule has 0 aliphatic rings. The number of hydrogen-bond donors (Lipinski definition) is 0. The Bertz CT molecular complexity index is 196. The minimum absolute atomic E-state index is 0.555. The molecule has 0 saturated carbocycles. The lowest BCUT2D eigenvalue weighted by Crippen LogP contribution is -2.27. The molecule has 0 aromatic rings. The fourth-order valence-corrected chi connectivity index (χ4v) is 1.04. The Balaban J connectivity index is 3.81. The summed E-state index contributed by atoms with van der Waals surface area (Å²) in [6, 6.07) is 0. The largest absolute Gasteiger partial charge is 0.213 e. The highest BCUT2D eigenvalue weighted by Crippen LogP contribution is 2.02. The average Bonchev–Trinajstić information content (AvgIpc) is 1.80. The predicted octanol–water partition coefficient (Wildman–Crippen LogP) is 0.924. The topological polar surface area (TPSA) is 37.4 Å². The highest BCUT2D eigenvalue weighted by Gasteiger charge is 2.09. The Hall–Kier alpha value is -0.0900. The molecule has 0 bridgehead atoms. The maximum atomic E-state index is 10.9. The smallest absolute Gasteiger partial charge is 0.210 e. The van der Waals surface area contributed by atoms with Gasteiger partial charge in [-0.05, 0) is 12.3 Å². The molecule has 0 N–H and O–H groups in total. The Morgan fingerprint density at radius 3 is 2.09 bits per heavy atom. The van der Waals surface area contributed by atoms with Gasteiger partial charge in [0.05, 0.1) is 6.26 Å². The van der Waals surface area contributed by atoms with Gasteiger partial charge in [-0.15, -0.1) is 0 Å². The second kappa shape index (κ2) is 4.07. The molecule has 4 heteroatoms. The molecule has 0 aliphatic heterocycles. The third-order valence-electron chi connectivity index (χ3n) is 1.59. The van der Waals surface area contributed by atoms with E-state index >= 15 is 0 Å². The fourth-order valence-electron chi connectivity index (χ4n) is 0.606. The van der Waals surface area contributed by atoms with Crippen molar-refractivity contribution in [1.82, 2.24) is 4.31 Å². The predicted molar refractivity (Wildman–Crippen MR) is 46.9 cm³/mol. The summed E-state index contributed by atoms with van der Waals surface area (Å²) in [5.74, 6) is 0.555. The van der Waals surface area contributed by atoms with Crippen LogP contribution in [0.1, 0.15) is 20.3 Å². The van der Waals surface area contributed by atoms with Crippen LogP contribution in [0.25, 0.3) is 0 Å². The van der Waals surface area contributed by atoms with Crippen molar-refractivity contribution in [3.05, 3.63) is 0 Å². The summed E-state index contributed by atoms with van der Waals surface area (Å²) < 4.78 is 23.1. The number of rotatable bonds is 4. The third-order valence-corrected chi connectivity index (χ3v) is 2.90. The molecule has 0 radical (unpaired) electrons. The molecule has 11 heavy (non-hydrogen) atoms. The summed E-state index contributed by atoms with van der Waals surface area (Å²) in [7, 11) is -1.36. The lowest BCUT2D eigenvalue weighted by atomic mass is 10.1. The lowest BCUT2D eigenvalue weighted by molar-refractivity contribution is 0.431. The Labute approximate surface area is 69.4 Å². The second-order valence-electron chi connectivity index (χ2n) is 3.27. The second-order valence-corrected chi connectivity index (χ2v) is 5.36. The molecule has 0 aromatic heterocycles. The van der Waals surface area contributed by atoms with Gasteiger partial charge in [-0.1, -0.05) is 13.8 Å². The Morgan fingerprint density at radius 2 is 1.82 bits per heavy atom. The normalized spacial score (nSPS) is 12.9. The molecule has 0 atom stereocenters. The van der Waals surface area contributed by atoms with Gasteiger partial charge in [-0.2, -0.15) is 0 Å². The number of sulfonamides is 1. The number of hydrogen-bond acceptors (Lipinski definition) is 2. The maximum Gasteiger partial charge on any atom is 0.210 e. The summed E-state index contributed by atoms with van der Waals surface area (Å²) in [4.78, 5) is 0. The van der Waals surface area contributed by atoms with Crippen molar-refractivity contribution < 1.29 is 8.42 Å². The quantitative estimate of drug-likeness (QED) is 0.643. The van der Waals surface area contributed by atoms with Gasteiger partial charge in [-0.3, -0.25) is 0 Å². The highest BCUT2D eigenvalue weighted by atomic mass is 32.2. The van der Waals surface area contributed by atoms with E-state index < -0.39 is 10.0 Å². The highest BCUT2D eigenvalue weighted by molar-refractivity contribution is 7.88. The minimum Gasteiger partial charge on any atom is -0.213 e. The van der Waals surface area contributed by atoms with Crippen LogP contribution in [0.5, 0.6) is 0 Å². The van der Waals surface area contributed by atoms with E-state index in [4.69, 9.17) is 0 Å². The Morgan fingerprint density at radius 1 is 1.36 bits per heavy atom. The first kappa shape index (κ1) is 10.9. The van der Waals surface area contributed by atoms with Crippen LogP contribution in [0.15, 0.2) is 0 Å². The first-order valence-corrected chi connectivity index (χ1v) is 5.60. The van der Waals surface area contributed by atoms with Crippen molar-refractivity contribution in [2.24, 2.45) is 5.92 Å². The molecule has 68 valence electrons. The third kappa shape index (κ3) is 5.21. The van der Waals surface area contributed by atoms with Gasteiger partial charge in [0.1, 0.15) is 0 Å². The fraction of sp³-hybridized carbons (Fsp3) is 1.00. The van der Waals surface area contributed by atoms with Gasteiger partial charge in [0.2, 0.25) is 10.0 Å². The summed E-state index contributed by atoms with van der Waals surface area (Å²) >= 11 is 0. The van der Waals surface area contributed by atoms with E-state index in [9.17, 15) is 8.42 Å². The average molecular weight is 179 g/mol. The Kier molecular flexibility index (Phi) is 4.03. The summed E-state index contributed by atoms with van der Waals surface area (Å²) in [5.41, 5.74) is 0. The van der Waals surface area contributed by atoms with Crippen molar-refractivity contribution >= 4 is 10.0 Å². The van der Waals surface area contributed by atoms with E-state index in [0.29, 0.717) is 12.5 Å². The van der Waals surface area contributed by atoms with Crippen LogP contribution in [0.3, 0.4) is 0 Å². The van der Waals surface area contributed by atoms with Crippen LogP contribution in [-0.4, -0.2) is 32.6 Å². The van der Waals surface area contributed by atoms with E-state index in [0.717, 1.165) is 6.42 Å². The van der Waals surface area contributed by atoms with Gasteiger partial charge < -0.3 is 0 Å². The molecule has 0 heterocycles. The molecule has 3 nitrogen and oxygen atoms in total. The van der Waals surface area contributed by atoms with Gasteiger partial charge >= 0.3 is 0 Å². The first-order valence-electron chi connectivity index (χ1n) is 3.75.